The van der Waals surface area contributed by atoms with Crippen molar-refractivity contribution < 1.29 is 9.84 Å². The minimum absolute atomic E-state index is 0.189. The van der Waals surface area contributed by atoms with Crippen molar-refractivity contribution in [2.75, 3.05) is 68.0 Å². The van der Waals surface area contributed by atoms with Gasteiger partial charge in [-0.15, -0.1) is 10.2 Å². The summed E-state index contributed by atoms with van der Waals surface area (Å²) in [6, 6.07) is 18.5. The number of phenolic OH excluding ortho intramolecular Hbond substituents is 1. The molecule has 4 N–H and O–H groups in total. The second-order valence-corrected chi connectivity index (χ2v) is 10.1. The van der Waals surface area contributed by atoms with Crippen molar-refractivity contribution in [2.45, 2.75) is 24.9 Å². The molecule has 3 aromatic rings. The third-order valence-electron chi connectivity index (χ3n) is 7.82. The summed E-state index contributed by atoms with van der Waals surface area (Å²) in [5, 5.41) is 22.1. The molecule has 1 aromatic heterocycles. The van der Waals surface area contributed by atoms with Gasteiger partial charge in [0, 0.05) is 69.1 Å². The van der Waals surface area contributed by atoms with E-state index in [1.807, 2.05) is 18.2 Å². The molecule has 0 saturated carbocycles. The van der Waals surface area contributed by atoms with Crippen LogP contribution in [-0.2, 0) is 0 Å². The van der Waals surface area contributed by atoms with Crippen LogP contribution in [0.25, 0.3) is 11.3 Å². The third kappa shape index (κ3) is 5.01. The Bertz CT molecular complexity index is 1200. The summed E-state index contributed by atoms with van der Waals surface area (Å²) in [6.45, 7) is 7.73. The first-order chi connectivity index (χ1) is 18.2. The van der Waals surface area contributed by atoms with Gasteiger partial charge in [0.15, 0.2) is 5.82 Å². The molecule has 9 heteroatoms. The van der Waals surface area contributed by atoms with E-state index >= 15 is 0 Å². The van der Waals surface area contributed by atoms with Crippen LogP contribution in [0, 0.1) is 0 Å². The number of phenols is 1. The molecule has 9 nitrogen and oxygen atoms in total. The number of nitrogens with zero attached hydrogens (tertiary/aromatic N) is 5. The zero-order valence-electron chi connectivity index (χ0n) is 21.1. The molecule has 4 heterocycles. The number of para-hydroxylation sites is 1. The number of benzene rings is 2. The zero-order chi connectivity index (χ0) is 25.2. The van der Waals surface area contributed by atoms with Crippen LogP contribution >= 0.6 is 0 Å². The number of ether oxygens (including phenoxy) is 1. The number of piperazine rings is 2. The van der Waals surface area contributed by atoms with Crippen LogP contribution in [0.5, 0.6) is 11.5 Å². The monoisotopic (exact) mass is 501 g/mol. The number of fused-ring (bicyclic) bond motifs is 2. The summed E-state index contributed by atoms with van der Waals surface area (Å²) >= 11 is 0. The van der Waals surface area contributed by atoms with E-state index < -0.39 is 0 Å². The predicted molar refractivity (Wildman–Crippen MR) is 146 cm³/mol. The summed E-state index contributed by atoms with van der Waals surface area (Å²) < 4.78 is 6.03. The van der Waals surface area contributed by atoms with Crippen LogP contribution in [0.2, 0.25) is 0 Å². The van der Waals surface area contributed by atoms with Gasteiger partial charge in [0.05, 0.1) is 11.4 Å². The molecule has 2 bridgehead atoms. The SMILES string of the molecule is Nc1nnc(-c2ccccc2O)cc1N1C[C@H]2CC[C@@H](C1)N2c1ccc(OCCN2CCNCC2)cc1. The van der Waals surface area contributed by atoms with Crippen molar-refractivity contribution in [3.63, 3.8) is 0 Å². The van der Waals surface area contributed by atoms with E-state index in [0.717, 1.165) is 70.1 Å². The van der Waals surface area contributed by atoms with Crippen LogP contribution in [0.15, 0.2) is 54.6 Å². The molecular weight excluding hydrogens is 466 g/mol. The van der Waals surface area contributed by atoms with Gasteiger partial charge < -0.3 is 30.7 Å². The molecule has 0 radical (unpaired) electrons. The number of nitrogens with two attached hydrogens (primary N) is 1. The second kappa shape index (κ2) is 10.4. The summed E-state index contributed by atoms with van der Waals surface area (Å²) in [6.07, 6.45) is 2.30. The van der Waals surface area contributed by atoms with Crippen LogP contribution in [-0.4, -0.2) is 84.7 Å². The maximum atomic E-state index is 10.3. The number of anilines is 3. The van der Waals surface area contributed by atoms with Crippen molar-refractivity contribution in [3.8, 4) is 22.8 Å². The van der Waals surface area contributed by atoms with Crippen LogP contribution in [0.1, 0.15) is 12.8 Å². The van der Waals surface area contributed by atoms with E-state index in [0.29, 0.717) is 35.8 Å². The van der Waals surface area contributed by atoms with Crippen molar-refractivity contribution >= 4 is 17.2 Å². The average Bonchev–Trinajstić information content (AvgIpc) is 3.19. The van der Waals surface area contributed by atoms with Gasteiger partial charge in [-0.25, -0.2) is 0 Å². The molecular formula is C28H35N7O2. The van der Waals surface area contributed by atoms with Gasteiger partial charge in [0.1, 0.15) is 18.1 Å². The van der Waals surface area contributed by atoms with Gasteiger partial charge >= 0.3 is 0 Å². The van der Waals surface area contributed by atoms with E-state index in [9.17, 15) is 5.11 Å². The summed E-state index contributed by atoms with van der Waals surface area (Å²) in [4.78, 5) is 7.34. The fourth-order valence-corrected chi connectivity index (χ4v) is 5.93. The molecule has 3 saturated heterocycles. The largest absolute Gasteiger partial charge is 0.507 e. The highest BCUT2D eigenvalue weighted by molar-refractivity contribution is 5.74. The Hall–Kier alpha value is -3.56. The molecule has 3 aliphatic rings. The minimum atomic E-state index is 0.189. The molecule has 2 atom stereocenters. The van der Waals surface area contributed by atoms with E-state index in [1.54, 1.807) is 12.1 Å². The lowest BCUT2D eigenvalue weighted by atomic mass is 10.1. The lowest BCUT2D eigenvalue weighted by molar-refractivity contribution is 0.191. The van der Waals surface area contributed by atoms with Gasteiger partial charge in [-0.3, -0.25) is 4.90 Å². The number of nitrogens with one attached hydrogen (secondary N) is 1. The maximum Gasteiger partial charge on any atom is 0.169 e. The highest BCUT2D eigenvalue weighted by Gasteiger charge is 2.40. The Morgan fingerprint density at radius 1 is 0.973 bits per heavy atom. The highest BCUT2D eigenvalue weighted by atomic mass is 16.5. The first kappa shape index (κ1) is 23.8. The Labute approximate surface area is 217 Å². The number of rotatable bonds is 7. The molecule has 0 unspecified atom stereocenters. The normalized spacial score (nSPS) is 21.8. The topological polar surface area (TPSA) is 103 Å². The Balaban J connectivity index is 1.12. The van der Waals surface area contributed by atoms with Crippen LogP contribution in [0.4, 0.5) is 17.2 Å². The molecule has 3 aliphatic heterocycles. The Morgan fingerprint density at radius 3 is 2.43 bits per heavy atom. The number of nitrogen functional groups attached to an aromatic ring is 1. The van der Waals surface area contributed by atoms with Crippen LogP contribution in [0.3, 0.4) is 0 Å². The number of aromatic hydroxyl groups is 1. The van der Waals surface area contributed by atoms with Crippen LogP contribution < -0.4 is 25.6 Å². The van der Waals surface area contributed by atoms with Crippen molar-refractivity contribution in [1.82, 2.24) is 20.4 Å². The van der Waals surface area contributed by atoms with Crippen molar-refractivity contribution in [2.24, 2.45) is 0 Å². The number of hydrogen-bond donors (Lipinski definition) is 3. The Morgan fingerprint density at radius 2 is 1.70 bits per heavy atom. The standard InChI is InChI=1S/C28H35N7O2/c29-28-26(17-25(31-32-28)24-3-1-2-4-27(24)36)34-18-21-5-6-22(19-34)35(21)20-7-9-23(10-8-20)37-16-15-33-13-11-30-12-14-33/h1-4,7-10,17,21-22,30,36H,5-6,11-16,18-19H2,(H2,29,32)/t21-,22+. The lowest BCUT2D eigenvalue weighted by Crippen LogP contribution is -2.54. The van der Waals surface area contributed by atoms with Crippen molar-refractivity contribution in [1.29, 1.82) is 0 Å². The lowest BCUT2D eigenvalue weighted by Gasteiger charge is -2.43. The van der Waals surface area contributed by atoms with Gasteiger partial charge in [-0.2, -0.15) is 0 Å². The summed E-state index contributed by atoms with van der Waals surface area (Å²) in [5.74, 6) is 1.54. The maximum absolute atomic E-state index is 10.3. The van der Waals surface area contributed by atoms with E-state index in [4.69, 9.17) is 10.5 Å². The number of hydrogen-bond acceptors (Lipinski definition) is 9. The third-order valence-corrected chi connectivity index (χ3v) is 7.82. The molecule has 0 spiro atoms. The second-order valence-electron chi connectivity index (χ2n) is 10.1. The van der Waals surface area contributed by atoms with Gasteiger partial charge in [-0.05, 0) is 55.3 Å². The number of aromatic nitrogens is 2. The Kier molecular flexibility index (Phi) is 6.72. The molecule has 0 amide bonds. The molecule has 6 rings (SSSR count). The summed E-state index contributed by atoms with van der Waals surface area (Å²) in [7, 11) is 0. The molecule has 2 aromatic carbocycles. The first-order valence-electron chi connectivity index (χ1n) is 13.3. The van der Waals surface area contributed by atoms with E-state index in [2.05, 4.69) is 54.5 Å². The highest BCUT2D eigenvalue weighted by Crippen LogP contribution is 2.39. The smallest absolute Gasteiger partial charge is 0.169 e. The fourth-order valence-electron chi connectivity index (χ4n) is 5.93. The predicted octanol–water partition coefficient (Wildman–Crippen LogP) is 2.57. The van der Waals surface area contributed by atoms with Gasteiger partial charge in [0.25, 0.3) is 0 Å². The van der Waals surface area contributed by atoms with E-state index in [1.165, 1.54) is 5.69 Å². The first-order valence-corrected chi connectivity index (χ1v) is 13.3. The van der Waals surface area contributed by atoms with E-state index in [-0.39, 0.29) is 5.75 Å². The zero-order valence-corrected chi connectivity index (χ0v) is 21.1. The quantitative estimate of drug-likeness (QED) is 0.451. The molecule has 37 heavy (non-hydrogen) atoms. The van der Waals surface area contributed by atoms with Crippen molar-refractivity contribution in [3.05, 3.63) is 54.6 Å². The molecule has 3 fully saturated rings. The minimum Gasteiger partial charge on any atom is -0.507 e. The molecule has 194 valence electrons. The fraction of sp³-hybridized carbons (Fsp3) is 0.429. The molecule has 0 aliphatic carbocycles. The van der Waals surface area contributed by atoms with Gasteiger partial charge in [-0.1, -0.05) is 12.1 Å². The van der Waals surface area contributed by atoms with Gasteiger partial charge in [0.2, 0.25) is 0 Å². The average molecular weight is 502 g/mol. The summed E-state index contributed by atoms with van der Waals surface area (Å²) in [5.41, 5.74) is 9.71.